The third-order valence-corrected chi connectivity index (χ3v) is 7.45. The lowest BCUT2D eigenvalue weighted by atomic mass is 9.60. The predicted molar refractivity (Wildman–Crippen MR) is 138 cm³/mol. The van der Waals surface area contributed by atoms with Crippen LogP contribution in [0.3, 0.4) is 0 Å². The number of aliphatic hydroxyl groups is 4. The van der Waals surface area contributed by atoms with E-state index in [9.17, 15) is 40.2 Å². The fraction of sp³-hybridized carbons (Fsp3) is 0.571. The summed E-state index contributed by atoms with van der Waals surface area (Å²) >= 11 is 0. The molecule has 1 saturated heterocycles. The molecule has 8 atom stereocenters. The zero-order valence-electron chi connectivity index (χ0n) is 22.4. The number of esters is 1. The van der Waals surface area contributed by atoms with Crippen LogP contribution in [0.4, 0.5) is 0 Å². The normalized spacial score (nSPS) is 33.9. The number of hydrogen-bond donors (Lipinski definition) is 6. The summed E-state index contributed by atoms with van der Waals surface area (Å²) in [6.45, 7) is 6.62. The number of ether oxygens (including phenoxy) is 3. The molecule has 0 bridgehead atoms. The minimum absolute atomic E-state index is 0.0861. The third kappa shape index (κ3) is 7.05. The van der Waals surface area contributed by atoms with Gasteiger partial charge in [-0.2, -0.15) is 0 Å². The van der Waals surface area contributed by atoms with Crippen LogP contribution in [0.1, 0.15) is 46.1 Å². The van der Waals surface area contributed by atoms with E-state index in [1.165, 1.54) is 24.3 Å². The highest BCUT2D eigenvalue weighted by Gasteiger charge is 2.51. The smallest absolute Gasteiger partial charge is 0.330 e. The molecule has 11 heteroatoms. The van der Waals surface area contributed by atoms with E-state index in [2.05, 4.69) is 0 Å². The minimum atomic E-state index is -1.65. The van der Waals surface area contributed by atoms with Gasteiger partial charge in [-0.3, -0.25) is 4.79 Å². The Morgan fingerprint density at radius 2 is 1.85 bits per heavy atom. The summed E-state index contributed by atoms with van der Waals surface area (Å²) < 4.78 is 16.4. The molecule has 11 nitrogen and oxygen atoms in total. The molecule has 1 heterocycles. The molecule has 2 aliphatic rings. The van der Waals surface area contributed by atoms with Gasteiger partial charge in [0.1, 0.15) is 36.8 Å². The molecule has 1 aromatic carbocycles. The Kier molecular flexibility index (Phi) is 9.58. The number of benzene rings is 1. The molecule has 0 spiro atoms. The van der Waals surface area contributed by atoms with Gasteiger partial charge in [0.05, 0.1) is 11.7 Å². The summed E-state index contributed by atoms with van der Waals surface area (Å²) in [7, 11) is 0. The molecule has 3 rings (SSSR count). The molecule has 1 saturated carbocycles. The second kappa shape index (κ2) is 12.2. The van der Waals surface area contributed by atoms with E-state index in [1.54, 1.807) is 26.0 Å². The fourth-order valence-corrected chi connectivity index (χ4v) is 4.99. The maximum Gasteiger partial charge on any atom is 0.330 e. The van der Waals surface area contributed by atoms with Crippen LogP contribution in [0.5, 0.6) is 11.5 Å². The van der Waals surface area contributed by atoms with Crippen molar-refractivity contribution >= 4 is 17.8 Å². The summed E-state index contributed by atoms with van der Waals surface area (Å²) in [4.78, 5) is 24.2. The fourth-order valence-electron chi connectivity index (χ4n) is 4.99. The minimum Gasteiger partial charge on any atom is -0.504 e. The summed E-state index contributed by atoms with van der Waals surface area (Å²) in [5, 5.41) is 61.3. The summed E-state index contributed by atoms with van der Waals surface area (Å²) in [6, 6.07) is 3.97. The summed E-state index contributed by atoms with van der Waals surface area (Å²) in [5.74, 6) is -1.70. The molecule has 2 fully saturated rings. The molecular weight excluding hydrogens is 512 g/mol. The van der Waals surface area contributed by atoms with Gasteiger partial charge >= 0.3 is 5.97 Å². The number of carbonyl (C=O) groups is 2. The van der Waals surface area contributed by atoms with Gasteiger partial charge in [-0.1, -0.05) is 39.0 Å². The van der Waals surface area contributed by atoms with Crippen LogP contribution < -0.4 is 0 Å². The van der Waals surface area contributed by atoms with Crippen LogP contribution in [0.15, 0.2) is 36.4 Å². The number of ketones is 1. The average Bonchev–Trinajstić information content (AvgIpc) is 2.86. The quantitative estimate of drug-likeness (QED) is 0.118. The van der Waals surface area contributed by atoms with Crippen LogP contribution in [0.2, 0.25) is 0 Å². The van der Waals surface area contributed by atoms with Gasteiger partial charge in [-0.05, 0) is 36.6 Å². The molecule has 39 heavy (non-hydrogen) atoms. The molecule has 1 aliphatic heterocycles. The van der Waals surface area contributed by atoms with E-state index in [0.717, 1.165) is 6.08 Å². The highest BCUT2D eigenvalue weighted by Crippen LogP contribution is 2.46. The van der Waals surface area contributed by atoms with Crippen molar-refractivity contribution < 1.29 is 54.4 Å². The molecule has 5 unspecified atom stereocenters. The van der Waals surface area contributed by atoms with Crippen molar-refractivity contribution in [3.8, 4) is 11.5 Å². The number of aliphatic hydroxyl groups excluding tert-OH is 3. The number of Topliss-reactive ketones (excluding diaryl/α,β-unsaturated/α-hetero) is 1. The molecule has 0 aromatic heterocycles. The molecule has 1 aliphatic carbocycles. The molecule has 0 radical (unpaired) electrons. The first-order chi connectivity index (χ1) is 18.1. The van der Waals surface area contributed by atoms with Gasteiger partial charge in [0.2, 0.25) is 0 Å². The molecule has 6 N–H and O–H groups in total. The van der Waals surface area contributed by atoms with Crippen LogP contribution >= 0.6 is 0 Å². The second-order valence-corrected chi connectivity index (χ2v) is 11.0. The highest BCUT2D eigenvalue weighted by molar-refractivity contribution is 5.87. The number of hydrogen-bond acceptors (Lipinski definition) is 11. The Labute approximate surface area is 226 Å². The zero-order chi connectivity index (χ0) is 29.1. The molecular formula is C28H38O11. The van der Waals surface area contributed by atoms with E-state index in [4.69, 9.17) is 14.2 Å². The van der Waals surface area contributed by atoms with E-state index in [1.807, 2.05) is 13.8 Å². The Balaban J connectivity index is 1.60. The van der Waals surface area contributed by atoms with Crippen molar-refractivity contribution in [1.29, 1.82) is 0 Å². The predicted octanol–water partition coefficient (Wildman–Crippen LogP) is 1.18. The van der Waals surface area contributed by atoms with Crippen molar-refractivity contribution in [3.05, 3.63) is 42.0 Å². The first-order valence-electron chi connectivity index (χ1n) is 12.8. The molecule has 216 valence electrons. The van der Waals surface area contributed by atoms with Gasteiger partial charge in [-0.15, -0.1) is 0 Å². The van der Waals surface area contributed by atoms with Crippen LogP contribution in [0, 0.1) is 11.3 Å². The zero-order valence-corrected chi connectivity index (χ0v) is 22.4. The topological polar surface area (TPSA) is 183 Å². The lowest BCUT2D eigenvalue weighted by molar-refractivity contribution is -0.306. The number of carbonyl (C=O) groups excluding carboxylic acids is 2. The number of rotatable bonds is 8. The van der Waals surface area contributed by atoms with E-state index in [0.29, 0.717) is 5.56 Å². The van der Waals surface area contributed by atoms with Crippen LogP contribution in [0.25, 0.3) is 6.08 Å². The summed E-state index contributed by atoms with van der Waals surface area (Å²) in [5.41, 5.74) is -1.55. The largest absolute Gasteiger partial charge is 0.504 e. The Bertz CT molecular complexity index is 1100. The van der Waals surface area contributed by atoms with Gasteiger partial charge < -0.3 is 44.8 Å². The van der Waals surface area contributed by atoms with Crippen molar-refractivity contribution in [3.63, 3.8) is 0 Å². The van der Waals surface area contributed by atoms with Crippen LogP contribution in [-0.4, -0.2) is 91.4 Å². The maximum absolute atomic E-state index is 12.1. The molecule has 0 amide bonds. The number of phenols is 2. The first kappa shape index (κ1) is 30.7. The van der Waals surface area contributed by atoms with E-state index in [-0.39, 0.29) is 36.0 Å². The number of aromatic hydroxyl groups is 2. The van der Waals surface area contributed by atoms with Crippen LogP contribution in [-0.2, 0) is 23.8 Å². The lowest BCUT2D eigenvalue weighted by Crippen LogP contribution is -2.59. The van der Waals surface area contributed by atoms with E-state index < -0.39 is 60.4 Å². The number of phenolic OH excluding ortho intramolecular Hbond substituents is 2. The Morgan fingerprint density at radius 3 is 2.49 bits per heavy atom. The Morgan fingerprint density at radius 1 is 1.15 bits per heavy atom. The van der Waals surface area contributed by atoms with Crippen molar-refractivity contribution in [2.24, 2.45) is 11.3 Å². The first-order valence-corrected chi connectivity index (χ1v) is 12.8. The van der Waals surface area contributed by atoms with Gasteiger partial charge in [-0.25, -0.2) is 4.79 Å². The standard InChI is InChI=1S/C28H38O11/c1-15-11-18(29)13-27(3,4)28(15,36)10-9-16(2)38-26-25(35)24(34)23(33)21(39-26)14-37-22(32)8-6-17-5-7-19(30)20(31)12-17/h5-10,12,15-16,21,23-26,30-31,33-36H,11,13-14H2,1-4H3/b8-6+,10-9+/t15-,16-,21?,23?,24?,25?,26?,28-/m1/s1. The van der Waals surface area contributed by atoms with Crippen molar-refractivity contribution in [2.45, 2.75) is 82.9 Å². The summed E-state index contributed by atoms with van der Waals surface area (Å²) in [6.07, 6.45) is -2.05. The van der Waals surface area contributed by atoms with E-state index >= 15 is 0 Å². The maximum atomic E-state index is 12.1. The average molecular weight is 551 g/mol. The van der Waals surface area contributed by atoms with Crippen molar-refractivity contribution in [1.82, 2.24) is 0 Å². The van der Waals surface area contributed by atoms with Gasteiger partial charge in [0, 0.05) is 24.3 Å². The third-order valence-electron chi connectivity index (χ3n) is 7.45. The highest BCUT2D eigenvalue weighted by atomic mass is 16.7. The monoisotopic (exact) mass is 550 g/mol. The molecule has 1 aromatic rings. The second-order valence-electron chi connectivity index (χ2n) is 11.0. The van der Waals surface area contributed by atoms with Gasteiger partial charge in [0.25, 0.3) is 0 Å². The van der Waals surface area contributed by atoms with Crippen molar-refractivity contribution in [2.75, 3.05) is 6.61 Å². The Hall–Kier alpha value is -2.80. The SMILES string of the molecule is C[C@H](/C=C/[C@@]1(O)[C@H](C)CC(=O)CC1(C)C)OC1OC(COC(=O)/C=C/c2ccc(O)c(O)c2)C(O)C(O)C1O. The van der Waals surface area contributed by atoms with Gasteiger partial charge in [0.15, 0.2) is 17.8 Å². The lowest BCUT2D eigenvalue weighted by Gasteiger charge is -2.48.